The maximum atomic E-state index is 12.0. The minimum Gasteiger partial charge on any atom is -0.329 e. The fraction of sp³-hybridized carbons (Fsp3) is 0.167. The second-order valence-electron chi connectivity index (χ2n) is 4.30. The van der Waals surface area contributed by atoms with E-state index in [0.29, 0.717) is 12.4 Å². The largest absolute Gasteiger partial charge is 0.418 e. The number of H-pyrrole nitrogens is 2. The first kappa shape index (κ1) is 19.9. The zero-order valence-electron chi connectivity index (χ0n) is 11.7. The van der Waals surface area contributed by atoms with Gasteiger partial charge in [-0.25, -0.2) is 0 Å². The number of hydrogen-bond donors (Lipinski definition) is 2. The molecule has 2 aromatic heterocycles. The van der Waals surface area contributed by atoms with E-state index in [0.717, 1.165) is 12.1 Å². The predicted octanol–water partition coefficient (Wildman–Crippen LogP) is 2.70. The molecule has 0 atom stereocenters. The second-order valence-corrected chi connectivity index (χ2v) is 4.30. The first-order valence-corrected chi connectivity index (χ1v) is 6.02. The Bertz CT molecular complexity index is 848. The topological polar surface area (TPSA) is 109 Å². The molecule has 7 nitrogen and oxygen atoms in total. The summed E-state index contributed by atoms with van der Waals surface area (Å²) >= 11 is 0. The van der Waals surface area contributed by atoms with Gasteiger partial charge in [-0.1, -0.05) is 0 Å². The molecule has 0 bridgehead atoms. The highest BCUT2D eigenvalue weighted by atomic mass is 19.4. The monoisotopic (exact) mass is 371 g/mol. The SMILES string of the molecule is O=c1[nH]cc(C(F)(F)F)cc1[N+](=O)[O-].O=c1ccc(C(F)(F)F)c[nH]1. The predicted molar refractivity (Wildman–Crippen MR) is 70.8 cm³/mol. The smallest absolute Gasteiger partial charge is 0.329 e. The zero-order valence-corrected chi connectivity index (χ0v) is 11.7. The lowest BCUT2D eigenvalue weighted by molar-refractivity contribution is -0.386. The molecule has 2 heterocycles. The van der Waals surface area contributed by atoms with Crippen LogP contribution in [0.3, 0.4) is 0 Å². The van der Waals surface area contributed by atoms with Gasteiger partial charge in [0.05, 0.1) is 16.1 Å². The van der Waals surface area contributed by atoms with Gasteiger partial charge in [-0.05, 0) is 6.07 Å². The van der Waals surface area contributed by atoms with Crippen molar-refractivity contribution in [1.29, 1.82) is 0 Å². The summed E-state index contributed by atoms with van der Waals surface area (Å²) in [6.45, 7) is 0. The molecule has 0 fully saturated rings. The molecule has 25 heavy (non-hydrogen) atoms. The van der Waals surface area contributed by atoms with Crippen molar-refractivity contribution in [2.75, 3.05) is 0 Å². The normalized spacial score (nSPS) is 11.4. The van der Waals surface area contributed by atoms with Crippen molar-refractivity contribution < 1.29 is 31.3 Å². The minimum absolute atomic E-state index is 0.193. The molecule has 2 N–H and O–H groups in total. The average Bonchev–Trinajstić information content (AvgIpc) is 2.46. The fourth-order valence-corrected chi connectivity index (χ4v) is 1.36. The Balaban J connectivity index is 0.000000257. The number of aromatic nitrogens is 2. The maximum Gasteiger partial charge on any atom is 0.418 e. The van der Waals surface area contributed by atoms with Crippen molar-refractivity contribution in [1.82, 2.24) is 9.97 Å². The van der Waals surface area contributed by atoms with E-state index in [1.165, 1.54) is 0 Å². The molecule has 0 amide bonds. The molecular formula is C12H7F6N3O4. The van der Waals surface area contributed by atoms with Gasteiger partial charge in [0.2, 0.25) is 5.56 Å². The van der Waals surface area contributed by atoms with Crippen molar-refractivity contribution in [2.24, 2.45) is 0 Å². The summed E-state index contributed by atoms with van der Waals surface area (Å²) < 4.78 is 71.4. The molecule has 0 aliphatic heterocycles. The number of rotatable bonds is 1. The van der Waals surface area contributed by atoms with Gasteiger partial charge in [0.25, 0.3) is 0 Å². The van der Waals surface area contributed by atoms with Crippen LogP contribution in [-0.4, -0.2) is 14.9 Å². The van der Waals surface area contributed by atoms with Crippen LogP contribution in [0.25, 0.3) is 0 Å². The Kier molecular flexibility index (Phi) is 5.73. The molecule has 0 aliphatic carbocycles. The van der Waals surface area contributed by atoms with Gasteiger partial charge < -0.3 is 9.97 Å². The van der Waals surface area contributed by atoms with E-state index in [9.17, 15) is 46.0 Å². The van der Waals surface area contributed by atoms with Gasteiger partial charge in [0.15, 0.2) is 0 Å². The molecule has 136 valence electrons. The third kappa shape index (κ3) is 5.78. The van der Waals surface area contributed by atoms with E-state index in [2.05, 4.69) is 0 Å². The molecular weight excluding hydrogens is 364 g/mol. The lowest BCUT2D eigenvalue weighted by atomic mass is 10.2. The summed E-state index contributed by atoms with van der Waals surface area (Å²) in [6, 6.07) is 1.76. The summed E-state index contributed by atoms with van der Waals surface area (Å²) in [6.07, 6.45) is -8.07. The molecule has 0 saturated carbocycles. The van der Waals surface area contributed by atoms with Gasteiger partial charge in [-0.2, -0.15) is 26.3 Å². The fourth-order valence-electron chi connectivity index (χ4n) is 1.36. The second kappa shape index (κ2) is 7.19. The van der Waals surface area contributed by atoms with Crippen LogP contribution in [0.4, 0.5) is 32.0 Å². The first-order chi connectivity index (χ1) is 11.3. The van der Waals surface area contributed by atoms with Crippen LogP contribution in [0.1, 0.15) is 11.1 Å². The Morgan fingerprint density at radius 3 is 1.80 bits per heavy atom. The van der Waals surface area contributed by atoms with Crippen LogP contribution in [-0.2, 0) is 12.4 Å². The quantitative estimate of drug-likeness (QED) is 0.456. The Morgan fingerprint density at radius 2 is 1.40 bits per heavy atom. The Hall–Kier alpha value is -3.12. The van der Waals surface area contributed by atoms with E-state index in [1.807, 2.05) is 4.98 Å². The molecule has 2 rings (SSSR count). The summed E-state index contributed by atoms with van der Waals surface area (Å²) in [5, 5.41) is 10.1. The Morgan fingerprint density at radius 1 is 0.880 bits per heavy atom. The van der Waals surface area contributed by atoms with Crippen LogP contribution < -0.4 is 11.1 Å². The van der Waals surface area contributed by atoms with Crippen molar-refractivity contribution in [2.45, 2.75) is 12.4 Å². The number of pyridine rings is 2. The lowest BCUT2D eigenvalue weighted by Gasteiger charge is -2.04. The van der Waals surface area contributed by atoms with Crippen molar-refractivity contribution in [3.63, 3.8) is 0 Å². The summed E-state index contributed by atoms with van der Waals surface area (Å²) in [4.78, 5) is 33.5. The highest BCUT2D eigenvalue weighted by Crippen LogP contribution is 2.29. The minimum atomic E-state index is -4.71. The van der Waals surface area contributed by atoms with Crippen LogP contribution in [0.15, 0.2) is 40.2 Å². The van der Waals surface area contributed by atoms with Crippen molar-refractivity contribution in [3.8, 4) is 0 Å². The number of hydrogen-bond acceptors (Lipinski definition) is 4. The Labute approximate surface area is 133 Å². The highest BCUT2D eigenvalue weighted by Gasteiger charge is 2.33. The number of halogens is 6. The number of nitrogens with one attached hydrogen (secondary N) is 2. The van der Waals surface area contributed by atoms with Crippen molar-refractivity contribution >= 4 is 5.69 Å². The molecule has 0 spiro atoms. The average molecular weight is 371 g/mol. The summed E-state index contributed by atoms with van der Waals surface area (Å²) in [5.41, 5.74) is -4.94. The van der Waals surface area contributed by atoms with Gasteiger partial charge in [-0.3, -0.25) is 19.7 Å². The van der Waals surface area contributed by atoms with E-state index in [4.69, 9.17) is 0 Å². The zero-order chi connectivity index (χ0) is 19.4. The number of nitrogens with zero attached hydrogens (tertiary/aromatic N) is 1. The maximum absolute atomic E-state index is 12.0. The molecule has 0 aliphatic rings. The standard InChI is InChI=1S/C6H3F3N2O3.C6H4F3NO/c7-6(8,9)3-1-4(11(13)14)5(12)10-2-3;7-6(8,9)4-1-2-5(11)10-3-4/h1-2H,(H,10,12);1-3H,(H,10,11). The van der Waals surface area contributed by atoms with E-state index in [-0.39, 0.29) is 6.07 Å². The van der Waals surface area contributed by atoms with Gasteiger partial charge in [-0.15, -0.1) is 0 Å². The van der Waals surface area contributed by atoms with Gasteiger partial charge in [0, 0.05) is 24.5 Å². The highest BCUT2D eigenvalue weighted by molar-refractivity contribution is 5.31. The number of nitro groups is 1. The number of alkyl halides is 6. The third-order valence-corrected chi connectivity index (χ3v) is 2.52. The van der Waals surface area contributed by atoms with Gasteiger partial charge in [0.1, 0.15) is 0 Å². The molecule has 2 aromatic rings. The first-order valence-electron chi connectivity index (χ1n) is 6.02. The third-order valence-electron chi connectivity index (χ3n) is 2.52. The van der Waals surface area contributed by atoms with E-state index in [1.54, 1.807) is 4.98 Å². The van der Waals surface area contributed by atoms with Crippen molar-refractivity contribution in [3.05, 3.63) is 72.5 Å². The van der Waals surface area contributed by atoms with Gasteiger partial charge >= 0.3 is 23.6 Å². The summed E-state index contributed by atoms with van der Waals surface area (Å²) in [5.74, 6) is 0. The lowest BCUT2D eigenvalue weighted by Crippen LogP contribution is -2.15. The van der Waals surface area contributed by atoms with Crippen LogP contribution in [0, 0.1) is 10.1 Å². The van der Waals surface area contributed by atoms with Crippen LogP contribution in [0.5, 0.6) is 0 Å². The van der Waals surface area contributed by atoms with Crippen LogP contribution >= 0.6 is 0 Å². The molecule has 0 saturated heterocycles. The summed E-state index contributed by atoms with van der Waals surface area (Å²) in [7, 11) is 0. The van der Waals surface area contributed by atoms with Crippen LogP contribution in [0.2, 0.25) is 0 Å². The number of aromatic amines is 2. The molecule has 0 unspecified atom stereocenters. The van der Waals surface area contributed by atoms with E-state index >= 15 is 0 Å². The molecule has 0 aromatic carbocycles. The van der Waals surface area contributed by atoms with E-state index < -0.39 is 45.2 Å². The molecule has 0 radical (unpaired) electrons. The molecule has 13 heteroatoms.